The van der Waals surface area contributed by atoms with Crippen LogP contribution in [0, 0.1) is 5.82 Å². The summed E-state index contributed by atoms with van der Waals surface area (Å²) in [6.45, 7) is 3.03. The molecule has 2 rings (SSSR count). The standard InChI is InChI=1S/C12H14ClFN2O2/c13-10-7-9(1-2-11(10)14)8-15-3-5-16(6-4-15)12(17)18/h1-2,7H,3-6,8H2,(H,17,18). The molecule has 18 heavy (non-hydrogen) atoms. The minimum absolute atomic E-state index is 0.122. The number of benzene rings is 1. The molecule has 1 saturated heterocycles. The number of piperazine rings is 1. The van der Waals surface area contributed by atoms with Gasteiger partial charge in [0.15, 0.2) is 0 Å². The van der Waals surface area contributed by atoms with Crippen LogP contribution in [0.3, 0.4) is 0 Å². The smallest absolute Gasteiger partial charge is 0.407 e. The van der Waals surface area contributed by atoms with Gasteiger partial charge in [0.05, 0.1) is 5.02 Å². The molecular formula is C12H14ClFN2O2. The van der Waals surface area contributed by atoms with E-state index in [-0.39, 0.29) is 5.02 Å². The van der Waals surface area contributed by atoms with Crippen molar-refractivity contribution in [2.24, 2.45) is 0 Å². The van der Waals surface area contributed by atoms with Crippen LogP contribution >= 0.6 is 11.6 Å². The van der Waals surface area contributed by atoms with Crippen molar-refractivity contribution in [2.75, 3.05) is 26.2 Å². The first-order valence-electron chi connectivity index (χ1n) is 5.70. The molecule has 98 valence electrons. The first-order chi connectivity index (χ1) is 8.56. The second-order valence-electron chi connectivity index (χ2n) is 4.29. The summed E-state index contributed by atoms with van der Waals surface area (Å²) in [5.74, 6) is -0.420. The number of halogens is 2. The lowest BCUT2D eigenvalue weighted by Gasteiger charge is -2.33. The van der Waals surface area contributed by atoms with E-state index in [1.54, 1.807) is 12.1 Å². The fourth-order valence-electron chi connectivity index (χ4n) is 1.99. The molecule has 1 heterocycles. The fraction of sp³-hybridized carbons (Fsp3) is 0.417. The van der Waals surface area contributed by atoms with E-state index in [2.05, 4.69) is 4.90 Å². The number of amides is 1. The summed E-state index contributed by atoms with van der Waals surface area (Å²) in [6, 6.07) is 4.66. The van der Waals surface area contributed by atoms with Gasteiger partial charge in [0.25, 0.3) is 0 Å². The molecule has 1 N–H and O–H groups in total. The summed E-state index contributed by atoms with van der Waals surface area (Å²) in [4.78, 5) is 14.3. The number of carboxylic acid groups (broad SMARTS) is 1. The Morgan fingerprint density at radius 2 is 2.00 bits per heavy atom. The first-order valence-corrected chi connectivity index (χ1v) is 6.08. The molecule has 0 bridgehead atoms. The van der Waals surface area contributed by atoms with Gasteiger partial charge in [-0.1, -0.05) is 17.7 Å². The Labute approximate surface area is 110 Å². The maximum atomic E-state index is 13.0. The van der Waals surface area contributed by atoms with Crippen LogP contribution in [0.5, 0.6) is 0 Å². The molecule has 0 spiro atoms. The van der Waals surface area contributed by atoms with Crippen LogP contribution in [-0.2, 0) is 6.54 Å². The second-order valence-corrected chi connectivity index (χ2v) is 4.70. The van der Waals surface area contributed by atoms with Crippen LogP contribution < -0.4 is 0 Å². The SMILES string of the molecule is O=C(O)N1CCN(Cc2ccc(F)c(Cl)c2)CC1. The van der Waals surface area contributed by atoms with Crippen molar-refractivity contribution >= 4 is 17.7 Å². The van der Waals surface area contributed by atoms with Crippen LogP contribution in [0.15, 0.2) is 18.2 Å². The van der Waals surface area contributed by atoms with E-state index in [4.69, 9.17) is 16.7 Å². The number of hydrogen-bond donors (Lipinski definition) is 1. The molecule has 0 saturated carbocycles. The molecule has 1 fully saturated rings. The lowest BCUT2D eigenvalue weighted by molar-refractivity contribution is 0.103. The second kappa shape index (κ2) is 5.54. The lowest BCUT2D eigenvalue weighted by Crippen LogP contribution is -2.47. The minimum atomic E-state index is -0.875. The topological polar surface area (TPSA) is 43.8 Å². The van der Waals surface area contributed by atoms with Crippen molar-refractivity contribution in [3.8, 4) is 0 Å². The van der Waals surface area contributed by atoms with Crippen LogP contribution in [0.2, 0.25) is 5.02 Å². The molecule has 1 amide bonds. The molecule has 0 atom stereocenters. The van der Waals surface area contributed by atoms with Crippen molar-refractivity contribution in [1.82, 2.24) is 9.80 Å². The van der Waals surface area contributed by atoms with Crippen molar-refractivity contribution in [3.05, 3.63) is 34.6 Å². The van der Waals surface area contributed by atoms with Gasteiger partial charge in [0, 0.05) is 32.7 Å². The quantitative estimate of drug-likeness (QED) is 0.898. The Morgan fingerprint density at radius 1 is 1.33 bits per heavy atom. The molecule has 1 aromatic carbocycles. The minimum Gasteiger partial charge on any atom is -0.465 e. The third-order valence-corrected chi connectivity index (χ3v) is 3.32. The average Bonchev–Trinajstić information content (AvgIpc) is 2.34. The number of rotatable bonds is 2. The molecule has 1 aliphatic heterocycles. The molecule has 0 unspecified atom stereocenters. The molecule has 6 heteroatoms. The summed E-state index contributed by atoms with van der Waals surface area (Å²) in [5, 5.41) is 8.95. The van der Waals surface area contributed by atoms with Crippen molar-refractivity contribution in [2.45, 2.75) is 6.54 Å². The third kappa shape index (κ3) is 3.11. The van der Waals surface area contributed by atoms with Gasteiger partial charge in [-0.3, -0.25) is 4.90 Å². The predicted molar refractivity (Wildman–Crippen MR) is 66.3 cm³/mol. The van der Waals surface area contributed by atoms with Crippen molar-refractivity contribution < 1.29 is 14.3 Å². The van der Waals surface area contributed by atoms with E-state index in [1.807, 2.05) is 0 Å². The highest BCUT2D eigenvalue weighted by Crippen LogP contribution is 2.17. The van der Waals surface area contributed by atoms with Gasteiger partial charge >= 0.3 is 6.09 Å². The Balaban J connectivity index is 1.91. The summed E-state index contributed by atoms with van der Waals surface area (Å²) in [6.07, 6.45) is -0.875. The fourth-order valence-corrected chi connectivity index (χ4v) is 2.20. The number of carbonyl (C=O) groups is 1. The average molecular weight is 273 g/mol. The zero-order valence-electron chi connectivity index (χ0n) is 9.77. The van der Waals surface area contributed by atoms with Gasteiger partial charge in [0.2, 0.25) is 0 Å². The maximum absolute atomic E-state index is 13.0. The Morgan fingerprint density at radius 3 is 2.56 bits per heavy atom. The highest BCUT2D eigenvalue weighted by molar-refractivity contribution is 6.30. The number of hydrogen-bond acceptors (Lipinski definition) is 2. The van der Waals surface area contributed by atoms with Gasteiger partial charge in [-0.05, 0) is 17.7 Å². The summed E-state index contributed by atoms with van der Waals surface area (Å²) in [7, 11) is 0. The molecule has 1 aliphatic rings. The van der Waals surface area contributed by atoms with E-state index in [0.29, 0.717) is 32.7 Å². The van der Waals surface area contributed by atoms with Gasteiger partial charge in [-0.2, -0.15) is 0 Å². The lowest BCUT2D eigenvalue weighted by atomic mass is 10.2. The van der Waals surface area contributed by atoms with E-state index in [9.17, 15) is 9.18 Å². The first kappa shape index (κ1) is 13.1. The summed E-state index contributed by atoms with van der Waals surface area (Å²) in [5.41, 5.74) is 0.935. The third-order valence-electron chi connectivity index (χ3n) is 3.03. The molecule has 1 aromatic rings. The zero-order valence-corrected chi connectivity index (χ0v) is 10.5. The van der Waals surface area contributed by atoms with E-state index >= 15 is 0 Å². The Bertz CT molecular complexity index is 448. The summed E-state index contributed by atoms with van der Waals surface area (Å²) >= 11 is 5.72. The van der Waals surface area contributed by atoms with E-state index in [1.165, 1.54) is 11.0 Å². The van der Waals surface area contributed by atoms with Crippen molar-refractivity contribution in [3.63, 3.8) is 0 Å². The van der Waals surface area contributed by atoms with Gasteiger partial charge in [-0.15, -0.1) is 0 Å². The predicted octanol–water partition coefficient (Wildman–Crippen LogP) is 2.27. The Hall–Kier alpha value is -1.33. The van der Waals surface area contributed by atoms with E-state index in [0.717, 1.165) is 5.56 Å². The molecule has 0 radical (unpaired) electrons. The van der Waals surface area contributed by atoms with E-state index < -0.39 is 11.9 Å². The van der Waals surface area contributed by atoms with Crippen LogP contribution in [0.25, 0.3) is 0 Å². The zero-order chi connectivity index (χ0) is 13.1. The van der Waals surface area contributed by atoms with Crippen LogP contribution in [-0.4, -0.2) is 47.2 Å². The molecule has 0 aliphatic carbocycles. The molecule has 0 aromatic heterocycles. The van der Waals surface area contributed by atoms with Crippen molar-refractivity contribution in [1.29, 1.82) is 0 Å². The highest BCUT2D eigenvalue weighted by atomic mass is 35.5. The van der Waals surface area contributed by atoms with Crippen LogP contribution in [0.1, 0.15) is 5.56 Å². The maximum Gasteiger partial charge on any atom is 0.407 e. The molecular weight excluding hydrogens is 259 g/mol. The normalized spacial score (nSPS) is 16.9. The van der Waals surface area contributed by atoms with Crippen LogP contribution in [0.4, 0.5) is 9.18 Å². The van der Waals surface area contributed by atoms with Gasteiger partial charge in [-0.25, -0.2) is 9.18 Å². The Kier molecular flexibility index (Phi) is 4.04. The highest BCUT2D eigenvalue weighted by Gasteiger charge is 2.20. The number of nitrogens with zero attached hydrogens (tertiary/aromatic N) is 2. The monoisotopic (exact) mass is 272 g/mol. The largest absolute Gasteiger partial charge is 0.465 e. The van der Waals surface area contributed by atoms with Gasteiger partial charge < -0.3 is 10.0 Å². The molecule has 4 nitrogen and oxygen atoms in total. The summed E-state index contributed by atoms with van der Waals surface area (Å²) < 4.78 is 13.0. The van der Waals surface area contributed by atoms with Gasteiger partial charge in [0.1, 0.15) is 5.82 Å².